The molecule has 0 atom stereocenters. The molecule has 0 bridgehead atoms. The Morgan fingerprint density at radius 1 is 1.24 bits per heavy atom. The van der Waals surface area contributed by atoms with E-state index >= 15 is 0 Å². The molecule has 0 saturated heterocycles. The maximum Gasteiger partial charge on any atom is 0.136 e. The van der Waals surface area contributed by atoms with Crippen LogP contribution in [0.4, 0.5) is 11.6 Å². The number of rotatable bonds is 10. The fourth-order valence-corrected chi connectivity index (χ4v) is 2.29. The van der Waals surface area contributed by atoms with Gasteiger partial charge in [0.25, 0.3) is 0 Å². The van der Waals surface area contributed by atoms with E-state index in [1.54, 1.807) is 0 Å². The fraction of sp³-hybridized carbons (Fsp3) is 0.750. The van der Waals surface area contributed by atoms with Crippen LogP contribution in [0.15, 0.2) is 6.07 Å². The highest BCUT2D eigenvalue weighted by atomic mass is 16.3. The quantitative estimate of drug-likeness (QED) is 0.694. The normalized spacial score (nSPS) is 14.2. The second kappa shape index (κ2) is 8.17. The molecule has 0 radical (unpaired) electrons. The molecule has 0 unspecified atom stereocenters. The molecular formula is C16H28N4O. The third kappa shape index (κ3) is 4.84. The molecule has 5 heteroatoms. The van der Waals surface area contributed by atoms with Crippen LogP contribution in [-0.2, 0) is 0 Å². The van der Waals surface area contributed by atoms with Gasteiger partial charge in [-0.3, -0.25) is 0 Å². The zero-order valence-electron chi connectivity index (χ0n) is 13.3. The average molecular weight is 292 g/mol. The molecule has 0 aromatic carbocycles. The van der Waals surface area contributed by atoms with Crippen LogP contribution in [0.5, 0.6) is 0 Å². The van der Waals surface area contributed by atoms with Crippen LogP contribution in [0.25, 0.3) is 0 Å². The second-order valence-corrected chi connectivity index (χ2v) is 5.73. The number of aromatic nitrogens is 2. The zero-order chi connectivity index (χ0) is 15.1. The van der Waals surface area contributed by atoms with Crippen molar-refractivity contribution in [1.29, 1.82) is 0 Å². The van der Waals surface area contributed by atoms with Crippen molar-refractivity contribution < 1.29 is 5.11 Å². The van der Waals surface area contributed by atoms with Crippen molar-refractivity contribution in [3.8, 4) is 0 Å². The minimum absolute atomic E-state index is 0.157. The Bertz CT molecular complexity index is 434. The summed E-state index contributed by atoms with van der Waals surface area (Å²) in [5.41, 5.74) is 0. The first-order valence-electron chi connectivity index (χ1n) is 8.27. The maximum absolute atomic E-state index is 9.30. The number of aliphatic hydroxyl groups excluding tert-OH is 1. The summed E-state index contributed by atoms with van der Waals surface area (Å²) in [5.74, 6) is 3.37. The van der Waals surface area contributed by atoms with Gasteiger partial charge in [0.15, 0.2) is 0 Å². The highest BCUT2D eigenvalue weighted by Crippen LogP contribution is 2.39. The molecule has 1 aromatic heterocycles. The Kier molecular flexibility index (Phi) is 6.23. The van der Waals surface area contributed by atoms with Gasteiger partial charge in [0.2, 0.25) is 0 Å². The SMILES string of the molecule is CCCCN(CCO)c1cc(NCCC)nc(C2CC2)n1. The van der Waals surface area contributed by atoms with E-state index in [0.29, 0.717) is 12.5 Å². The molecule has 2 N–H and O–H groups in total. The Labute approximate surface area is 127 Å². The van der Waals surface area contributed by atoms with Crippen molar-refractivity contribution in [2.75, 3.05) is 36.5 Å². The van der Waals surface area contributed by atoms with Gasteiger partial charge in [-0.25, -0.2) is 9.97 Å². The largest absolute Gasteiger partial charge is 0.395 e. The number of nitrogens with zero attached hydrogens (tertiary/aromatic N) is 3. The zero-order valence-corrected chi connectivity index (χ0v) is 13.3. The minimum Gasteiger partial charge on any atom is -0.395 e. The van der Waals surface area contributed by atoms with Gasteiger partial charge in [-0.2, -0.15) is 0 Å². The van der Waals surface area contributed by atoms with Crippen LogP contribution < -0.4 is 10.2 Å². The molecule has 0 amide bonds. The molecule has 1 aliphatic rings. The van der Waals surface area contributed by atoms with Crippen molar-refractivity contribution in [3.05, 3.63) is 11.9 Å². The molecule has 1 heterocycles. The van der Waals surface area contributed by atoms with Gasteiger partial charge < -0.3 is 15.3 Å². The lowest BCUT2D eigenvalue weighted by atomic mass is 10.3. The smallest absolute Gasteiger partial charge is 0.136 e. The van der Waals surface area contributed by atoms with Gasteiger partial charge in [-0.1, -0.05) is 20.3 Å². The molecule has 2 rings (SSSR count). The van der Waals surface area contributed by atoms with Gasteiger partial charge in [-0.15, -0.1) is 0 Å². The van der Waals surface area contributed by atoms with E-state index in [1.807, 2.05) is 6.07 Å². The molecule has 1 aliphatic carbocycles. The van der Waals surface area contributed by atoms with Gasteiger partial charge in [0.1, 0.15) is 17.5 Å². The second-order valence-electron chi connectivity index (χ2n) is 5.73. The average Bonchev–Trinajstić information content (AvgIpc) is 3.34. The number of anilines is 2. The summed E-state index contributed by atoms with van der Waals surface area (Å²) < 4.78 is 0. The van der Waals surface area contributed by atoms with E-state index in [-0.39, 0.29) is 6.61 Å². The van der Waals surface area contributed by atoms with E-state index in [4.69, 9.17) is 4.98 Å². The highest BCUT2D eigenvalue weighted by Gasteiger charge is 2.28. The van der Waals surface area contributed by atoms with Crippen LogP contribution >= 0.6 is 0 Å². The topological polar surface area (TPSA) is 61.3 Å². The highest BCUT2D eigenvalue weighted by molar-refractivity contribution is 5.50. The van der Waals surface area contributed by atoms with Crippen LogP contribution in [0, 0.1) is 0 Å². The van der Waals surface area contributed by atoms with Gasteiger partial charge in [-0.05, 0) is 25.7 Å². The van der Waals surface area contributed by atoms with Crippen molar-refractivity contribution >= 4 is 11.6 Å². The summed E-state index contributed by atoms with van der Waals surface area (Å²) >= 11 is 0. The molecule has 0 spiro atoms. The number of hydrogen-bond acceptors (Lipinski definition) is 5. The molecule has 0 aliphatic heterocycles. The number of unbranched alkanes of at least 4 members (excludes halogenated alkanes) is 1. The lowest BCUT2D eigenvalue weighted by molar-refractivity contribution is 0.301. The van der Waals surface area contributed by atoms with Gasteiger partial charge in [0.05, 0.1) is 6.61 Å². The molecule has 118 valence electrons. The van der Waals surface area contributed by atoms with Crippen molar-refractivity contribution in [1.82, 2.24) is 9.97 Å². The first-order valence-corrected chi connectivity index (χ1v) is 8.27. The molecule has 1 fully saturated rings. The number of nitrogens with one attached hydrogen (secondary N) is 1. The Hall–Kier alpha value is -1.36. The lowest BCUT2D eigenvalue weighted by Gasteiger charge is -2.23. The van der Waals surface area contributed by atoms with Crippen LogP contribution in [0.2, 0.25) is 0 Å². The van der Waals surface area contributed by atoms with Crippen molar-refractivity contribution in [3.63, 3.8) is 0 Å². The third-order valence-electron chi connectivity index (χ3n) is 3.70. The van der Waals surface area contributed by atoms with E-state index in [2.05, 4.69) is 29.0 Å². The first kappa shape index (κ1) is 16.0. The standard InChI is InChI=1S/C16H28N4O/c1-3-5-9-20(10-11-21)15-12-14(17-8-4-2)18-16(19-15)13-6-7-13/h12-13,21H,3-11H2,1-2H3,(H,17,18,19). The predicted molar refractivity (Wildman–Crippen MR) is 87.0 cm³/mol. The van der Waals surface area contributed by atoms with Crippen molar-refractivity contribution in [2.24, 2.45) is 0 Å². The molecule has 1 aromatic rings. The van der Waals surface area contributed by atoms with E-state index in [1.165, 1.54) is 12.8 Å². The summed E-state index contributed by atoms with van der Waals surface area (Å²) in [6.45, 7) is 6.98. The molecule has 1 saturated carbocycles. The summed E-state index contributed by atoms with van der Waals surface area (Å²) in [6.07, 6.45) is 5.73. The van der Waals surface area contributed by atoms with Crippen LogP contribution in [0.3, 0.4) is 0 Å². The maximum atomic E-state index is 9.30. The molecule has 21 heavy (non-hydrogen) atoms. The van der Waals surface area contributed by atoms with E-state index < -0.39 is 0 Å². The molecule has 5 nitrogen and oxygen atoms in total. The van der Waals surface area contributed by atoms with Gasteiger partial charge >= 0.3 is 0 Å². The van der Waals surface area contributed by atoms with Crippen LogP contribution in [-0.4, -0.2) is 41.3 Å². The summed E-state index contributed by atoms with van der Waals surface area (Å²) in [5, 5.41) is 12.7. The molecular weight excluding hydrogens is 264 g/mol. The Balaban J connectivity index is 2.19. The first-order chi connectivity index (χ1) is 10.3. The summed E-state index contributed by atoms with van der Waals surface area (Å²) in [6, 6.07) is 2.02. The monoisotopic (exact) mass is 292 g/mol. The minimum atomic E-state index is 0.157. The van der Waals surface area contributed by atoms with Crippen LogP contribution in [0.1, 0.15) is 57.7 Å². The number of hydrogen-bond donors (Lipinski definition) is 2. The summed E-state index contributed by atoms with van der Waals surface area (Å²) in [4.78, 5) is 11.6. The fourth-order valence-electron chi connectivity index (χ4n) is 2.29. The Morgan fingerprint density at radius 3 is 2.67 bits per heavy atom. The lowest BCUT2D eigenvalue weighted by Crippen LogP contribution is -2.29. The predicted octanol–water partition coefficient (Wildman–Crippen LogP) is 2.77. The van der Waals surface area contributed by atoms with E-state index in [0.717, 1.165) is 49.8 Å². The van der Waals surface area contributed by atoms with Gasteiger partial charge in [0, 0.05) is 31.6 Å². The third-order valence-corrected chi connectivity index (χ3v) is 3.70. The Morgan fingerprint density at radius 2 is 2.05 bits per heavy atom. The van der Waals surface area contributed by atoms with E-state index in [9.17, 15) is 5.11 Å². The number of aliphatic hydroxyl groups is 1. The van der Waals surface area contributed by atoms with Crippen molar-refractivity contribution in [2.45, 2.75) is 51.9 Å². The summed E-state index contributed by atoms with van der Waals surface area (Å²) in [7, 11) is 0.